The van der Waals surface area contributed by atoms with Gasteiger partial charge < -0.3 is 25.0 Å². The molecule has 2 aliphatic rings. The summed E-state index contributed by atoms with van der Waals surface area (Å²) in [6.07, 6.45) is -2.10. The van der Waals surface area contributed by atoms with E-state index >= 15 is 0 Å². The third-order valence-corrected chi connectivity index (χ3v) is 7.19. The summed E-state index contributed by atoms with van der Waals surface area (Å²) in [5.74, 6) is 0.973. The van der Waals surface area contributed by atoms with Crippen molar-refractivity contribution in [3.05, 3.63) is 53.3 Å². The zero-order valence-electron chi connectivity index (χ0n) is 22.8. The number of carbonyl (C=O) groups is 2. The Kier molecular flexibility index (Phi) is 9.39. The minimum absolute atomic E-state index is 0.0579. The summed E-state index contributed by atoms with van der Waals surface area (Å²) in [4.78, 5) is 33.7. The third kappa shape index (κ3) is 7.77. The molecule has 0 atom stereocenters. The van der Waals surface area contributed by atoms with Crippen LogP contribution in [0.5, 0.6) is 5.75 Å². The Bertz CT molecular complexity index is 1190. The molecule has 1 saturated carbocycles. The number of anilines is 1. The molecule has 0 spiro atoms. The molecule has 0 saturated heterocycles. The van der Waals surface area contributed by atoms with E-state index in [1.54, 1.807) is 13.8 Å². The standard InChI is InChI=1S/C28H36F3N5O4/c1-19(2)36(27(38)39)12-11-35(18-24-22(28(29,30)31)5-4-10-32-24)26(37)15-33-23-6-3-7-25-21(23)17-34(13-14-40-25)16-20-8-9-20/h3-7,10,19-20,33H,8-9,11-18H2,1-2H3,(H,38,39). The number of rotatable bonds is 11. The van der Waals surface area contributed by atoms with E-state index < -0.39 is 30.3 Å². The van der Waals surface area contributed by atoms with Gasteiger partial charge in [0.2, 0.25) is 5.91 Å². The van der Waals surface area contributed by atoms with Gasteiger partial charge in [-0.1, -0.05) is 6.07 Å². The number of carbonyl (C=O) groups excluding carboxylic acids is 1. The lowest BCUT2D eigenvalue weighted by atomic mass is 10.1. The Labute approximate surface area is 231 Å². The lowest BCUT2D eigenvalue weighted by molar-refractivity contribution is -0.140. The maximum atomic E-state index is 13.6. The van der Waals surface area contributed by atoms with Gasteiger partial charge in [0.15, 0.2) is 0 Å². The number of alkyl halides is 3. The molecule has 218 valence electrons. The zero-order chi connectivity index (χ0) is 28.9. The van der Waals surface area contributed by atoms with Crippen LogP contribution in [-0.2, 0) is 24.1 Å². The molecule has 4 rings (SSSR count). The molecule has 40 heavy (non-hydrogen) atoms. The van der Waals surface area contributed by atoms with Crippen LogP contribution in [0.25, 0.3) is 0 Å². The van der Waals surface area contributed by atoms with Crippen LogP contribution in [0.1, 0.15) is 43.5 Å². The van der Waals surface area contributed by atoms with Crippen LogP contribution in [0.2, 0.25) is 0 Å². The van der Waals surface area contributed by atoms with Crippen molar-refractivity contribution >= 4 is 17.7 Å². The van der Waals surface area contributed by atoms with Crippen molar-refractivity contribution in [2.45, 2.75) is 52.0 Å². The molecule has 1 fully saturated rings. The monoisotopic (exact) mass is 563 g/mol. The van der Waals surface area contributed by atoms with Crippen LogP contribution >= 0.6 is 0 Å². The van der Waals surface area contributed by atoms with Gasteiger partial charge in [-0.05, 0) is 56.9 Å². The Morgan fingerprint density at radius 2 is 1.98 bits per heavy atom. The van der Waals surface area contributed by atoms with Crippen LogP contribution in [0.15, 0.2) is 36.5 Å². The maximum absolute atomic E-state index is 13.6. The van der Waals surface area contributed by atoms with Crippen LogP contribution in [0.3, 0.4) is 0 Å². The second-order valence-electron chi connectivity index (χ2n) is 10.5. The van der Waals surface area contributed by atoms with Gasteiger partial charge in [0.25, 0.3) is 0 Å². The largest absolute Gasteiger partial charge is 0.492 e. The quantitative estimate of drug-likeness (QED) is 0.415. The summed E-state index contributed by atoms with van der Waals surface area (Å²) < 4.78 is 46.9. The fourth-order valence-electron chi connectivity index (χ4n) is 4.82. The molecule has 1 aliphatic carbocycles. The minimum atomic E-state index is -4.64. The van der Waals surface area contributed by atoms with E-state index in [1.807, 2.05) is 18.2 Å². The molecular weight excluding hydrogens is 527 g/mol. The number of ether oxygens (including phenoxy) is 1. The number of halogens is 3. The summed E-state index contributed by atoms with van der Waals surface area (Å²) in [7, 11) is 0. The number of pyridine rings is 1. The van der Waals surface area contributed by atoms with Crippen LogP contribution in [0.4, 0.5) is 23.7 Å². The molecule has 0 bridgehead atoms. The van der Waals surface area contributed by atoms with Gasteiger partial charge in [0.1, 0.15) is 12.4 Å². The molecule has 0 unspecified atom stereocenters. The summed E-state index contributed by atoms with van der Waals surface area (Å²) in [5, 5.41) is 12.7. The predicted octanol–water partition coefficient (Wildman–Crippen LogP) is 4.53. The van der Waals surface area contributed by atoms with Crippen LogP contribution in [0, 0.1) is 5.92 Å². The number of carboxylic acid groups (broad SMARTS) is 1. The van der Waals surface area contributed by atoms with Crippen molar-refractivity contribution in [2.75, 3.05) is 44.6 Å². The fourth-order valence-corrected chi connectivity index (χ4v) is 4.82. The highest BCUT2D eigenvalue weighted by Gasteiger charge is 2.35. The number of hydrogen-bond acceptors (Lipinski definition) is 6. The Morgan fingerprint density at radius 3 is 2.65 bits per heavy atom. The summed E-state index contributed by atoms with van der Waals surface area (Å²) in [6, 6.07) is 7.32. The average molecular weight is 564 g/mol. The number of hydrogen-bond donors (Lipinski definition) is 2. The molecule has 2 heterocycles. The number of nitrogens with one attached hydrogen (secondary N) is 1. The normalized spacial score (nSPS) is 15.7. The van der Waals surface area contributed by atoms with Crippen molar-refractivity contribution in [2.24, 2.45) is 5.92 Å². The molecule has 0 radical (unpaired) electrons. The Hall–Kier alpha value is -3.54. The average Bonchev–Trinajstić information content (AvgIpc) is 3.73. The first-order valence-corrected chi connectivity index (χ1v) is 13.5. The van der Waals surface area contributed by atoms with Gasteiger partial charge in [0.05, 0.1) is 24.3 Å². The first-order chi connectivity index (χ1) is 19.0. The van der Waals surface area contributed by atoms with Crippen molar-refractivity contribution < 1.29 is 32.6 Å². The smallest absolute Gasteiger partial charge is 0.418 e. The second-order valence-corrected chi connectivity index (χ2v) is 10.5. The van der Waals surface area contributed by atoms with Gasteiger partial charge in [-0.25, -0.2) is 4.79 Å². The van der Waals surface area contributed by atoms with E-state index in [9.17, 15) is 27.9 Å². The number of nitrogens with zero attached hydrogens (tertiary/aromatic N) is 4. The van der Waals surface area contributed by atoms with Crippen LogP contribution < -0.4 is 10.1 Å². The molecule has 2 amide bonds. The van der Waals surface area contributed by atoms with Crippen molar-refractivity contribution in [3.8, 4) is 5.75 Å². The van der Waals surface area contributed by atoms with E-state index in [-0.39, 0.29) is 31.4 Å². The van der Waals surface area contributed by atoms with Gasteiger partial charge in [-0.2, -0.15) is 13.2 Å². The van der Waals surface area contributed by atoms with Crippen molar-refractivity contribution in [1.82, 2.24) is 19.7 Å². The molecule has 1 aromatic heterocycles. The fraction of sp³-hybridized carbons (Fsp3) is 0.536. The number of aromatic nitrogens is 1. The second kappa shape index (κ2) is 12.8. The van der Waals surface area contributed by atoms with E-state index in [1.165, 1.54) is 30.0 Å². The summed E-state index contributed by atoms with van der Waals surface area (Å²) in [6.45, 7) is 5.66. The molecule has 2 N–H and O–H groups in total. The first kappa shape index (κ1) is 29.4. The van der Waals surface area contributed by atoms with E-state index in [0.29, 0.717) is 19.1 Å². The highest BCUT2D eigenvalue weighted by atomic mass is 19.4. The predicted molar refractivity (Wildman–Crippen MR) is 143 cm³/mol. The van der Waals surface area contributed by atoms with E-state index in [2.05, 4.69) is 15.2 Å². The van der Waals surface area contributed by atoms with Gasteiger partial charge in [0, 0.05) is 56.2 Å². The molecular formula is C28H36F3N5O4. The molecule has 1 aromatic carbocycles. The lowest BCUT2D eigenvalue weighted by Crippen LogP contribution is -2.44. The van der Waals surface area contributed by atoms with Gasteiger partial charge in [-0.15, -0.1) is 0 Å². The van der Waals surface area contributed by atoms with Gasteiger partial charge in [-0.3, -0.25) is 14.7 Å². The minimum Gasteiger partial charge on any atom is -0.492 e. The summed E-state index contributed by atoms with van der Waals surface area (Å²) in [5.41, 5.74) is 0.422. The highest BCUT2D eigenvalue weighted by molar-refractivity contribution is 5.81. The van der Waals surface area contributed by atoms with Gasteiger partial charge >= 0.3 is 12.3 Å². The van der Waals surface area contributed by atoms with E-state index in [4.69, 9.17) is 4.74 Å². The maximum Gasteiger partial charge on any atom is 0.418 e. The van der Waals surface area contributed by atoms with Crippen molar-refractivity contribution in [3.63, 3.8) is 0 Å². The topological polar surface area (TPSA) is 98.2 Å². The Balaban J connectivity index is 1.51. The number of amides is 2. The molecule has 9 nitrogen and oxygen atoms in total. The van der Waals surface area contributed by atoms with E-state index in [0.717, 1.165) is 41.1 Å². The zero-order valence-corrected chi connectivity index (χ0v) is 22.8. The van der Waals surface area contributed by atoms with Crippen LogP contribution in [-0.4, -0.2) is 82.2 Å². The molecule has 12 heteroatoms. The molecule has 1 aliphatic heterocycles. The Morgan fingerprint density at radius 1 is 1.20 bits per heavy atom. The van der Waals surface area contributed by atoms with Crippen molar-refractivity contribution in [1.29, 1.82) is 0 Å². The highest BCUT2D eigenvalue weighted by Crippen LogP contribution is 2.34. The number of fused-ring (bicyclic) bond motifs is 1. The molecule has 2 aromatic rings. The summed E-state index contributed by atoms with van der Waals surface area (Å²) >= 11 is 0. The SMILES string of the molecule is CC(C)N(CCN(Cc1ncccc1C(F)(F)F)C(=O)CNc1cccc2c1CN(CC1CC1)CCO2)C(=O)O. The third-order valence-electron chi connectivity index (χ3n) is 7.19. The first-order valence-electron chi connectivity index (χ1n) is 13.5. The number of benzene rings is 1. The lowest BCUT2D eigenvalue weighted by Gasteiger charge is -2.29.